The first-order valence-electron chi connectivity index (χ1n) is 6.76. The van der Waals surface area contributed by atoms with Gasteiger partial charge < -0.3 is 15.0 Å². The standard InChI is InChI=1S/C12H18N2.C3H6O2/c1-2-11-3-5-12(6-4-11)14-9-7-13-8-10-14;1-3(4)5-2/h3-6,13H,2,7-10H2,1H3;1-2H3. The van der Waals surface area contributed by atoms with Gasteiger partial charge in [0.05, 0.1) is 7.11 Å². The fraction of sp³-hybridized carbons (Fsp3) is 0.533. The first-order valence-corrected chi connectivity index (χ1v) is 6.76. The predicted octanol–water partition coefficient (Wildman–Crippen LogP) is 1.84. The summed E-state index contributed by atoms with van der Waals surface area (Å²) in [5.74, 6) is -0.245. The van der Waals surface area contributed by atoms with Crippen molar-refractivity contribution in [3.63, 3.8) is 0 Å². The van der Waals surface area contributed by atoms with Gasteiger partial charge in [0.25, 0.3) is 0 Å². The summed E-state index contributed by atoms with van der Waals surface area (Å²) in [6, 6.07) is 8.95. The largest absolute Gasteiger partial charge is 0.469 e. The van der Waals surface area contributed by atoms with E-state index >= 15 is 0 Å². The summed E-state index contributed by atoms with van der Waals surface area (Å²) in [5.41, 5.74) is 2.78. The fourth-order valence-electron chi connectivity index (χ4n) is 1.87. The van der Waals surface area contributed by atoms with Crippen molar-refractivity contribution < 1.29 is 9.53 Å². The molecular weight excluding hydrogens is 240 g/mol. The maximum absolute atomic E-state index is 9.59. The van der Waals surface area contributed by atoms with Gasteiger partial charge in [0, 0.05) is 38.8 Å². The highest BCUT2D eigenvalue weighted by Crippen LogP contribution is 2.15. The van der Waals surface area contributed by atoms with Crippen LogP contribution < -0.4 is 10.2 Å². The Morgan fingerprint density at radius 2 is 1.79 bits per heavy atom. The van der Waals surface area contributed by atoms with Crippen molar-refractivity contribution in [2.24, 2.45) is 0 Å². The minimum Gasteiger partial charge on any atom is -0.469 e. The molecule has 1 heterocycles. The molecule has 4 nitrogen and oxygen atoms in total. The van der Waals surface area contributed by atoms with Crippen LogP contribution in [0.25, 0.3) is 0 Å². The molecule has 0 aliphatic carbocycles. The minimum atomic E-state index is -0.245. The Kier molecular flexibility index (Phi) is 6.97. The van der Waals surface area contributed by atoms with Gasteiger partial charge in [-0.15, -0.1) is 0 Å². The van der Waals surface area contributed by atoms with E-state index in [1.54, 1.807) is 0 Å². The summed E-state index contributed by atoms with van der Waals surface area (Å²) in [5, 5.41) is 3.37. The second-order valence-corrected chi connectivity index (χ2v) is 4.45. The summed E-state index contributed by atoms with van der Waals surface area (Å²) >= 11 is 0. The van der Waals surface area contributed by atoms with E-state index in [4.69, 9.17) is 0 Å². The quantitative estimate of drug-likeness (QED) is 0.828. The molecule has 0 amide bonds. The summed E-state index contributed by atoms with van der Waals surface area (Å²) in [6.07, 6.45) is 1.13. The number of methoxy groups -OCH3 is 1. The van der Waals surface area contributed by atoms with Gasteiger partial charge in [-0.1, -0.05) is 19.1 Å². The van der Waals surface area contributed by atoms with Crippen LogP contribution in [0.4, 0.5) is 5.69 Å². The SMILES string of the molecule is CCc1ccc(N2CCNCC2)cc1.COC(C)=O. The number of carbonyl (C=O) groups excluding carboxylic acids is 1. The van der Waals surface area contributed by atoms with Crippen LogP contribution in [0.15, 0.2) is 24.3 Å². The van der Waals surface area contributed by atoms with Gasteiger partial charge >= 0.3 is 5.97 Å². The number of nitrogens with zero attached hydrogens (tertiary/aromatic N) is 1. The molecule has 1 aliphatic rings. The highest BCUT2D eigenvalue weighted by atomic mass is 16.5. The number of benzene rings is 1. The smallest absolute Gasteiger partial charge is 0.302 e. The predicted molar refractivity (Wildman–Crippen MR) is 78.6 cm³/mol. The lowest BCUT2D eigenvalue weighted by molar-refractivity contribution is -0.137. The number of ether oxygens (including phenoxy) is 1. The lowest BCUT2D eigenvalue weighted by atomic mass is 10.1. The Balaban J connectivity index is 0.000000312. The number of aryl methyl sites for hydroxylation is 1. The second-order valence-electron chi connectivity index (χ2n) is 4.45. The van der Waals surface area contributed by atoms with E-state index in [0.717, 1.165) is 32.6 Å². The molecule has 2 rings (SSSR count). The van der Waals surface area contributed by atoms with Crippen LogP contribution in [0.5, 0.6) is 0 Å². The fourth-order valence-corrected chi connectivity index (χ4v) is 1.87. The van der Waals surface area contributed by atoms with Crippen molar-refractivity contribution in [2.45, 2.75) is 20.3 Å². The van der Waals surface area contributed by atoms with Crippen LogP contribution in [-0.4, -0.2) is 39.3 Å². The van der Waals surface area contributed by atoms with Gasteiger partial charge in [-0.05, 0) is 24.1 Å². The van der Waals surface area contributed by atoms with Crippen molar-refractivity contribution in [3.8, 4) is 0 Å². The van der Waals surface area contributed by atoms with E-state index in [1.165, 1.54) is 25.3 Å². The maximum Gasteiger partial charge on any atom is 0.302 e. The molecule has 19 heavy (non-hydrogen) atoms. The molecule has 1 aliphatic heterocycles. The summed E-state index contributed by atoms with van der Waals surface area (Å²) in [7, 11) is 1.35. The van der Waals surface area contributed by atoms with Gasteiger partial charge in [0.2, 0.25) is 0 Å². The number of piperazine rings is 1. The van der Waals surface area contributed by atoms with Crippen LogP contribution in [0, 0.1) is 0 Å². The molecule has 4 heteroatoms. The molecule has 0 spiro atoms. The van der Waals surface area contributed by atoms with E-state index in [2.05, 4.69) is 46.1 Å². The Hall–Kier alpha value is -1.55. The summed E-state index contributed by atoms with van der Waals surface area (Å²) in [6.45, 7) is 8.03. The average molecular weight is 264 g/mol. The lowest BCUT2D eigenvalue weighted by Gasteiger charge is -2.29. The van der Waals surface area contributed by atoms with E-state index in [-0.39, 0.29) is 5.97 Å². The molecule has 1 saturated heterocycles. The monoisotopic (exact) mass is 264 g/mol. The Morgan fingerprint density at radius 3 is 2.21 bits per heavy atom. The van der Waals surface area contributed by atoms with Crippen LogP contribution in [0.1, 0.15) is 19.4 Å². The number of nitrogens with one attached hydrogen (secondary N) is 1. The van der Waals surface area contributed by atoms with E-state index < -0.39 is 0 Å². The maximum atomic E-state index is 9.59. The zero-order chi connectivity index (χ0) is 14.1. The van der Waals surface area contributed by atoms with Crippen LogP contribution in [0.2, 0.25) is 0 Å². The van der Waals surface area contributed by atoms with E-state index in [9.17, 15) is 4.79 Å². The number of carbonyl (C=O) groups is 1. The Labute approximate surface area is 115 Å². The Morgan fingerprint density at radius 1 is 1.26 bits per heavy atom. The molecule has 1 aromatic rings. The number of esters is 1. The molecular formula is C15H24N2O2. The van der Waals surface area contributed by atoms with Crippen LogP contribution in [-0.2, 0) is 16.0 Å². The zero-order valence-corrected chi connectivity index (χ0v) is 12.1. The first kappa shape index (κ1) is 15.5. The van der Waals surface area contributed by atoms with Crippen LogP contribution in [0.3, 0.4) is 0 Å². The van der Waals surface area contributed by atoms with Gasteiger partial charge in [0.1, 0.15) is 0 Å². The van der Waals surface area contributed by atoms with Crippen LogP contribution >= 0.6 is 0 Å². The first-order chi connectivity index (χ1) is 9.17. The van der Waals surface area contributed by atoms with Gasteiger partial charge in [0.15, 0.2) is 0 Å². The molecule has 0 aromatic heterocycles. The molecule has 0 bridgehead atoms. The van der Waals surface area contributed by atoms with Crippen molar-refractivity contribution in [2.75, 3.05) is 38.2 Å². The van der Waals surface area contributed by atoms with Gasteiger partial charge in [-0.25, -0.2) is 0 Å². The molecule has 106 valence electrons. The highest BCUT2D eigenvalue weighted by molar-refractivity contribution is 5.65. The third-order valence-electron chi connectivity index (χ3n) is 3.11. The van der Waals surface area contributed by atoms with Crippen molar-refractivity contribution in [1.82, 2.24) is 5.32 Å². The normalized spacial score (nSPS) is 14.4. The number of rotatable bonds is 2. The highest BCUT2D eigenvalue weighted by Gasteiger charge is 2.09. The summed E-state index contributed by atoms with van der Waals surface area (Å²) in [4.78, 5) is 12.0. The van der Waals surface area contributed by atoms with Crippen molar-refractivity contribution in [1.29, 1.82) is 0 Å². The number of hydrogen-bond donors (Lipinski definition) is 1. The Bertz CT molecular complexity index is 370. The third-order valence-corrected chi connectivity index (χ3v) is 3.11. The molecule has 1 N–H and O–H groups in total. The van der Waals surface area contributed by atoms with Crippen molar-refractivity contribution in [3.05, 3.63) is 29.8 Å². The number of hydrogen-bond acceptors (Lipinski definition) is 4. The van der Waals surface area contributed by atoms with E-state index in [0.29, 0.717) is 0 Å². The van der Waals surface area contributed by atoms with Gasteiger partial charge in [-0.2, -0.15) is 0 Å². The molecule has 0 atom stereocenters. The third kappa shape index (κ3) is 5.75. The topological polar surface area (TPSA) is 41.6 Å². The van der Waals surface area contributed by atoms with E-state index in [1.807, 2.05) is 0 Å². The molecule has 0 unspecified atom stereocenters. The van der Waals surface area contributed by atoms with Crippen molar-refractivity contribution >= 4 is 11.7 Å². The minimum absolute atomic E-state index is 0.245. The lowest BCUT2D eigenvalue weighted by Crippen LogP contribution is -2.43. The molecule has 0 radical (unpaired) electrons. The molecule has 1 aromatic carbocycles. The second kappa shape index (κ2) is 8.53. The zero-order valence-electron chi connectivity index (χ0n) is 12.1. The summed E-state index contributed by atoms with van der Waals surface area (Å²) < 4.78 is 4.11. The number of anilines is 1. The van der Waals surface area contributed by atoms with Gasteiger partial charge in [-0.3, -0.25) is 4.79 Å². The molecule has 0 saturated carbocycles. The average Bonchev–Trinajstić information content (AvgIpc) is 2.49. The molecule has 1 fully saturated rings.